The standard InChI is InChI=1S/C28H41N5O3/c1-20-15-21(2)19-32(18-20)10-4-9-29-27(34)7-8-28(35)30-23-5-6-25-24(17-23)22(3)16-26(31-25)33-11-13-36-14-12-33/h5-6,16-17,20-21H,4,7-15,18-19H2,1-3H3,(H,29,34)(H,30,35)/t20-,21-/m0/s1. The number of ether oxygens (including phenoxy) is 1. The van der Waals surface area contributed by atoms with Crippen molar-refractivity contribution in [3.8, 4) is 0 Å². The second kappa shape index (κ2) is 12.5. The molecule has 2 saturated heterocycles. The normalized spacial score (nSPS) is 20.9. The Kier molecular flexibility index (Phi) is 9.15. The van der Waals surface area contributed by atoms with Gasteiger partial charge in [-0.2, -0.15) is 0 Å². The number of nitrogens with zero attached hydrogens (tertiary/aromatic N) is 3. The maximum Gasteiger partial charge on any atom is 0.224 e. The Morgan fingerprint density at radius 3 is 2.53 bits per heavy atom. The van der Waals surface area contributed by atoms with E-state index in [1.807, 2.05) is 18.2 Å². The third-order valence-corrected chi connectivity index (χ3v) is 7.12. The average Bonchev–Trinajstić information content (AvgIpc) is 2.85. The summed E-state index contributed by atoms with van der Waals surface area (Å²) in [6.07, 6.45) is 2.61. The molecular weight excluding hydrogens is 454 g/mol. The van der Waals surface area contributed by atoms with Gasteiger partial charge < -0.3 is 25.2 Å². The molecule has 8 nitrogen and oxygen atoms in total. The van der Waals surface area contributed by atoms with Crippen molar-refractivity contribution in [2.45, 2.75) is 46.5 Å². The minimum absolute atomic E-state index is 0.0697. The molecule has 2 amide bonds. The number of morpholine rings is 1. The van der Waals surface area contributed by atoms with Crippen LogP contribution in [-0.2, 0) is 14.3 Å². The second-order valence-corrected chi connectivity index (χ2v) is 10.6. The molecule has 0 saturated carbocycles. The number of rotatable bonds is 9. The highest BCUT2D eigenvalue weighted by molar-refractivity contribution is 5.96. The maximum atomic E-state index is 12.5. The second-order valence-electron chi connectivity index (χ2n) is 10.6. The lowest BCUT2D eigenvalue weighted by Crippen LogP contribution is -2.40. The molecule has 1 aromatic carbocycles. The van der Waals surface area contributed by atoms with Gasteiger partial charge in [-0.25, -0.2) is 4.98 Å². The van der Waals surface area contributed by atoms with Crippen LogP contribution in [0.15, 0.2) is 24.3 Å². The fraction of sp³-hybridized carbons (Fsp3) is 0.607. The minimum Gasteiger partial charge on any atom is -0.378 e. The quantitative estimate of drug-likeness (QED) is 0.517. The summed E-state index contributed by atoms with van der Waals surface area (Å²) in [5, 5.41) is 6.91. The molecule has 8 heteroatoms. The van der Waals surface area contributed by atoms with Gasteiger partial charge in [-0.05, 0) is 68.0 Å². The number of benzene rings is 1. The van der Waals surface area contributed by atoms with Crippen LogP contribution in [0.3, 0.4) is 0 Å². The number of piperidine rings is 1. The Morgan fingerprint density at radius 2 is 1.78 bits per heavy atom. The van der Waals surface area contributed by atoms with Crippen molar-refractivity contribution in [3.05, 3.63) is 29.8 Å². The number of pyridine rings is 1. The molecule has 0 aliphatic carbocycles. The number of carbonyl (C=O) groups excluding carboxylic acids is 2. The van der Waals surface area contributed by atoms with Gasteiger partial charge in [-0.15, -0.1) is 0 Å². The average molecular weight is 496 g/mol. The first-order valence-corrected chi connectivity index (χ1v) is 13.4. The monoisotopic (exact) mass is 495 g/mol. The molecule has 2 aromatic rings. The highest BCUT2D eigenvalue weighted by Crippen LogP contribution is 2.26. The number of nitrogens with one attached hydrogen (secondary N) is 2. The zero-order chi connectivity index (χ0) is 25.5. The van der Waals surface area contributed by atoms with Crippen molar-refractivity contribution in [3.63, 3.8) is 0 Å². The summed E-state index contributed by atoms with van der Waals surface area (Å²) in [5.41, 5.74) is 2.75. The summed E-state index contributed by atoms with van der Waals surface area (Å²) >= 11 is 0. The molecule has 0 bridgehead atoms. The van der Waals surface area contributed by atoms with Crippen molar-refractivity contribution >= 4 is 34.2 Å². The van der Waals surface area contributed by atoms with Gasteiger partial charge in [0.15, 0.2) is 0 Å². The fourth-order valence-electron chi connectivity index (χ4n) is 5.45. The van der Waals surface area contributed by atoms with E-state index >= 15 is 0 Å². The van der Waals surface area contributed by atoms with Crippen LogP contribution in [0.2, 0.25) is 0 Å². The highest BCUT2D eigenvalue weighted by atomic mass is 16.5. The van der Waals surface area contributed by atoms with E-state index in [-0.39, 0.29) is 24.7 Å². The molecule has 2 aliphatic heterocycles. The first-order chi connectivity index (χ1) is 17.4. The number of anilines is 2. The number of aromatic nitrogens is 1. The maximum absolute atomic E-state index is 12.5. The van der Waals surface area contributed by atoms with Crippen molar-refractivity contribution in [1.82, 2.24) is 15.2 Å². The molecule has 0 unspecified atom stereocenters. The number of carbonyl (C=O) groups is 2. The summed E-state index contributed by atoms with van der Waals surface area (Å²) < 4.78 is 5.44. The third-order valence-electron chi connectivity index (χ3n) is 7.12. The van der Waals surface area contributed by atoms with E-state index in [0.29, 0.717) is 6.54 Å². The Balaban J connectivity index is 1.20. The van der Waals surface area contributed by atoms with Crippen LogP contribution in [0.4, 0.5) is 11.5 Å². The fourth-order valence-corrected chi connectivity index (χ4v) is 5.45. The lowest BCUT2D eigenvalue weighted by atomic mass is 9.92. The van der Waals surface area contributed by atoms with Crippen LogP contribution in [0.5, 0.6) is 0 Å². The SMILES string of the molecule is Cc1cc(N2CCOCC2)nc2ccc(NC(=O)CCC(=O)NCCCN3C[C@@H](C)C[C@H](C)C3)cc12. The number of likely N-dealkylation sites (tertiary alicyclic amines) is 1. The van der Waals surface area contributed by atoms with Gasteiger partial charge in [-0.1, -0.05) is 13.8 Å². The number of hydrogen-bond donors (Lipinski definition) is 2. The molecule has 2 fully saturated rings. The van der Waals surface area contributed by atoms with E-state index in [0.717, 1.165) is 92.2 Å². The summed E-state index contributed by atoms with van der Waals surface area (Å²) in [6, 6.07) is 7.87. The van der Waals surface area contributed by atoms with Crippen molar-refractivity contribution < 1.29 is 14.3 Å². The molecule has 2 atom stereocenters. The van der Waals surface area contributed by atoms with Gasteiger partial charge >= 0.3 is 0 Å². The number of amides is 2. The third kappa shape index (κ3) is 7.40. The number of hydrogen-bond acceptors (Lipinski definition) is 6. The van der Waals surface area contributed by atoms with Gasteiger partial charge in [0.2, 0.25) is 11.8 Å². The predicted octanol–water partition coefficient (Wildman–Crippen LogP) is 3.58. The first-order valence-electron chi connectivity index (χ1n) is 13.4. The highest BCUT2D eigenvalue weighted by Gasteiger charge is 2.21. The van der Waals surface area contributed by atoms with Gasteiger partial charge in [-0.3, -0.25) is 9.59 Å². The van der Waals surface area contributed by atoms with Crippen LogP contribution < -0.4 is 15.5 Å². The molecule has 0 radical (unpaired) electrons. The summed E-state index contributed by atoms with van der Waals surface area (Å²) in [7, 11) is 0. The first kappa shape index (κ1) is 26.4. The van der Waals surface area contributed by atoms with Gasteiger partial charge in [0.05, 0.1) is 18.7 Å². The van der Waals surface area contributed by atoms with E-state index in [1.54, 1.807) is 0 Å². The van der Waals surface area contributed by atoms with Crippen LogP contribution in [-0.4, -0.2) is 74.2 Å². The van der Waals surface area contributed by atoms with E-state index in [2.05, 4.69) is 47.3 Å². The zero-order valence-electron chi connectivity index (χ0n) is 22.0. The van der Waals surface area contributed by atoms with E-state index in [4.69, 9.17) is 9.72 Å². The molecule has 2 aliphatic rings. The van der Waals surface area contributed by atoms with E-state index < -0.39 is 0 Å². The van der Waals surface area contributed by atoms with Gasteiger partial charge in [0.1, 0.15) is 5.82 Å². The molecule has 0 spiro atoms. The smallest absolute Gasteiger partial charge is 0.224 e. The zero-order valence-corrected chi connectivity index (χ0v) is 22.0. The van der Waals surface area contributed by atoms with Crippen molar-refractivity contribution in [1.29, 1.82) is 0 Å². The minimum atomic E-state index is -0.156. The predicted molar refractivity (Wildman–Crippen MR) is 144 cm³/mol. The Labute approximate surface area is 214 Å². The lowest BCUT2D eigenvalue weighted by Gasteiger charge is -2.34. The van der Waals surface area contributed by atoms with Crippen LogP contribution in [0.1, 0.15) is 45.1 Å². The largest absolute Gasteiger partial charge is 0.378 e. The molecule has 4 rings (SSSR count). The molecular formula is C28H41N5O3. The molecule has 1 aromatic heterocycles. The Morgan fingerprint density at radius 1 is 1.06 bits per heavy atom. The summed E-state index contributed by atoms with van der Waals surface area (Å²) in [4.78, 5) is 34.2. The molecule has 3 heterocycles. The van der Waals surface area contributed by atoms with E-state index in [9.17, 15) is 9.59 Å². The summed E-state index contributed by atoms with van der Waals surface area (Å²) in [5.74, 6) is 2.23. The Hall–Kier alpha value is -2.71. The van der Waals surface area contributed by atoms with Crippen LogP contribution in [0, 0.1) is 18.8 Å². The number of fused-ring (bicyclic) bond motifs is 1. The lowest BCUT2D eigenvalue weighted by molar-refractivity contribution is -0.124. The van der Waals surface area contributed by atoms with Gasteiger partial charge in [0.25, 0.3) is 0 Å². The van der Waals surface area contributed by atoms with Crippen LogP contribution >= 0.6 is 0 Å². The topological polar surface area (TPSA) is 86.8 Å². The number of aryl methyl sites for hydroxylation is 1. The molecule has 2 N–H and O–H groups in total. The van der Waals surface area contributed by atoms with Crippen molar-refractivity contribution in [2.75, 3.05) is 62.7 Å². The Bertz CT molecular complexity index is 1040. The van der Waals surface area contributed by atoms with Crippen LogP contribution in [0.25, 0.3) is 10.9 Å². The molecule has 36 heavy (non-hydrogen) atoms. The van der Waals surface area contributed by atoms with E-state index in [1.165, 1.54) is 6.42 Å². The van der Waals surface area contributed by atoms with Crippen molar-refractivity contribution in [2.24, 2.45) is 11.8 Å². The summed E-state index contributed by atoms with van der Waals surface area (Å²) in [6.45, 7) is 13.8. The van der Waals surface area contributed by atoms with Gasteiger partial charge in [0, 0.05) is 56.6 Å². The molecule has 196 valence electrons.